The highest BCUT2D eigenvalue weighted by Gasteiger charge is 2.27. The summed E-state index contributed by atoms with van der Waals surface area (Å²) in [7, 11) is -3.46. The normalized spacial score (nSPS) is 15.5. The number of hydrogen-bond donors (Lipinski definition) is 1. The topological polar surface area (TPSA) is 46.2 Å². The van der Waals surface area contributed by atoms with Crippen LogP contribution in [-0.2, 0) is 10.0 Å². The van der Waals surface area contributed by atoms with E-state index in [9.17, 15) is 8.42 Å². The fourth-order valence-corrected chi connectivity index (χ4v) is 3.66. The Labute approximate surface area is 119 Å². The molecule has 0 saturated heterocycles. The third-order valence-electron chi connectivity index (χ3n) is 2.58. The van der Waals surface area contributed by atoms with Gasteiger partial charge in [0.15, 0.2) is 0 Å². The maximum absolute atomic E-state index is 12.1. The van der Waals surface area contributed by atoms with Gasteiger partial charge in [0.25, 0.3) is 0 Å². The molecule has 1 atom stereocenters. The number of hydrogen-bond acceptors (Lipinski definition) is 2. The Hall–Kier alpha value is 0.0900. The van der Waals surface area contributed by atoms with Crippen molar-refractivity contribution >= 4 is 41.9 Å². The first-order valence-corrected chi connectivity index (χ1v) is 8.58. The minimum absolute atomic E-state index is 0.279. The Kier molecular flexibility index (Phi) is 5.19. The van der Waals surface area contributed by atoms with E-state index in [1.807, 2.05) is 13.8 Å². The molecule has 0 aliphatic heterocycles. The first kappa shape index (κ1) is 15.1. The van der Waals surface area contributed by atoms with Crippen LogP contribution in [0.1, 0.15) is 20.3 Å². The molecule has 0 aromatic heterocycles. The SMILES string of the molecule is CCC(C)(CBr)NS(=O)(=O)c1ccc(Br)cc1. The number of sulfonamides is 1. The van der Waals surface area contributed by atoms with Gasteiger partial charge in [-0.1, -0.05) is 38.8 Å². The molecule has 0 radical (unpaired) electrons. The fraction of sp³-hybridized carbons (Fsp3) is 0.455. The lowest BCUT2D eigenvalue weighted by atomic mass is 10.0. The molecule has 1 N–H and O–H groups in total. The van der Waals surface area contributed by atoms with Crippen LogP contribution < -0.4 is 4.72 Å². The predicted octanol–water partition coefficient (Wildman–Crippen LogP) is 3.29. The zero-order valence-electron chi connectivity index (χ0n) is 9.70. The van der Waals surface area contributed by atoms with Crippen LogP contribution in [-0.4, -0.2) is 19.3 Å². The van der Waals surface area contributed by atoms with Crippen LogP contribution >= 0.6 is 31.9 Å². The summed E-state index contributed by atoms with van der Waals surface area (Å²) in [5.41, 5.74) is -0.466. The van der Waals surface area contributed by atoms with Crippen molar-refractivity contribution in [2.75, 3.05) is 5.33 Å². The van der Waals surface area contributed by atoms with Crippen molar-refractivity contribution in [3.8, 4) is 0 Å². The maximum atomic E-state index is 12.1. The van der Waals surface area contributed by atoms with Crippen LogP contribution in [0.2, 0.25) is 0 Å². The summed E-state index contributed by atoms with van der Waals surface area (Å²) in [5.74, 6) is 0. The molecular weight excluding hydrogens is 370 g/mol. The summed E-state index contributed by atoms with van der Waals surface area (Å²) in [6.45, 7) is 3.82. The smallest absolute Gasteiger partial charge is 0.207 e. The summed E-state index contributed by atoms with van der Waals surface area (Å²) in [4.78, 5) is 0.279. The van der Waals surface area contributed by atoms with E-state index < -0.39 is 15.6 Å². The van der Waals surface area contributed by atoms with E-state index in [1.165, 1.54) is 0 Å². The van der Waals surface area contributed by atoms with Crippen LogP contribution in [0.25, 0.3) is 0 Å². The van der Waals surface area contributed by atoms with Gasteiger partial charge in [0, 0.05) is 15.3 Å². The maximum Gasteiger partial charge on any atom is 0.241 e. The molecule has 0 saturated carbocycles. The largest absolute Gasteiger partial charge is 0.241 e. The average molecular weight is 385 g/mol. The van der Waals surface area contributed by atoms with Crippen molar-refractivity contribution in [3.63, 3.8) is 0 Å². The van der Waals surface area contributed by atoms with Gasteiger partial charge in [-0.2, -0.15) is 0 Å². The molecule has 0 spiro atoms. The molecule has 1 rings (SSSR count). The lowest BCUT2D eigenvalue weighted by molar-refractivity contribution is 0.449. The van der Waals surface area contributed by atoms with Crippen molar-refractivity contribution in [3.05, 3.63) is 28.7 Å². The lowest BCUT2D eigenvalue weighted by Crippen LogP contribution is -2.46. The van der Waals surface area contributed by atoms with Gasteiger partial charge >= 0.3 is 0 Å². The third kappa shape index (κ3) is 4.05. The lowest BCUT2D eigenvalue weighted by Gasteiger charge is -2.26. The van der Waals surface area contributed by atoms with Gasteiger partial charge in [0.2, 0.25) is 10.0 Å². The Balaban J connectivity index is 3.00. The molecule has 17 heavy (non-hydrogen) atoms. The Bertz CT molecular complexity index is 467. The van der Waals surface area contributed by atoms with Crippen LogP contribution in [0.4, 0.5) is 0 Å². The van der Waals surface area contributed by atoms with Gasteiger partial charge in [0.1, 0.15) is 0 Å². The molecule has 0 heterocycles. The number of alkyl halides is 1. The van der Waals surface area contributed by atoms with Crippen molar-refractivity contribution in [2.45, 2.75) is 30.7 Å². The number of rotatable bonds is 5. The van der Waals surface area contributed by atoms with Gasteiger partial charge in [0.05, 0.1) is 4.90 Å². The monoisotopic (exact) mass is 383 g/mol. The van der Waals surface area contributed by atoms with E-state index in [4.69, 9.17) is 0 Å². The summed E-state index contributed by atoms with van der Waals surface area (Å²) < 4.78 is 27.8. The van der Waals surface area contributed by atoms with Crippen molar-refractivity contribution < 1.29 is 8.42 Å². The van der Waals surface area contributed by atoms with Gasteiger partial charge in [-0.15, -0.1) is 0 Å². The van der Waals surface area contributed by atoms with Gasteiger partial charge in [-0.3, -0.25) is 0 Å². The zero-order chi connectivity index (χ0) is 13.1. The molecule has 0 aliphatic rings. The van der Waals surface area contributed by atoms with E-state index in [2.05, 4.69) is 36.6 Å². The molecular formula is C11H15Br2NO2S. The predicted molar refractivity (Wildman–Crippen MR) is 77.0 cm³/mol. The Morgan fingerprint density at radius 1 is 1.29 bits per heavy atom. The molecule has 1 unspecified atom stereocenters. The quantitative estimate of drug-likeness (QED) is 0.791. The second-order valence-corrected chi connectivity index (χ2v) is 7.27. The molecule has 0 bridgehead atoms. The minimum Gasteiger partial charge on any atom is -0.207 e. The third-order valence-corrected chi connectivity index (χ3v) is 6.00. The second-order valence-electron chi connectivity index (χ2n) is 4.11. The molecule has 1 aromatic carbocycles. The van der Waals surface area contributed by atoms with E-state index in [1.54, 1.807) is 24.3 Å². The molecule has 96 valence electrons. The first-order valence-electron chi connectivity index (χ1n) is 5.18. The highest BCUT2D eigenvalue weighted by atomic mass is 79.9. The van der Waals surface area contributed by atoms with Crippen molar-refractivity contribution in [1.82, 2.24) is 4.72 Å². The molecule has 6 heteroatoms. The Morgan fingerprint density at radius 2 is 1.82 bits per heavy atom. The van der Waals surface area contributed by atoms with Gasteiger partial charge in [-0.25, -0.2) is 13.1 Å². The summed E-state index contributed by atoms with van der Waals surface area (Å²) >= 11 is 6.61. The Morgan fingerprint density at radius 3 is 2.24 bits per heavy atom. The number of nitrogens with one attached hydrogen (secondary N) is 1. The standard InChI is InChI=1S/C11H15Br2NO2S/c1-3-11(2,8-12)14-17(15,16)10-6-4-9(13)5-7-10/h4-7,14H,3,8H2,1-2H3. The van der Waals surface area contributed by atoms with Crippen molar-refractivity contribution in [2.24, 2.45) is 0 Å². The summed E-state index contributed by atoms with van der Waals surface area (Å²) in [5, 5.41) is 0.576. The van der Waals surface area contributed by atoms with E-state index >= 15 is 0 Å². The molecule has 0 fully saturated rings. The van der Waals surface area contributed by atoms with Crippen LogP contribution in [0.3, 0.4) is 0 Å². The highest BCUT2D eigenvalue weighted by Crippen LogP contribution is 2.19. The van der Waals surface area contributed by atoms with Gasteiger partial charge < -0.3 is 0 Å². The van der Waals surface area contributed by atoms with Crippen molar-refractivity contribution in [1.29, 1.82) is 0 Å². The number of halogens is 2. The summed E-state index contributed by atoms with van der Waals surface area (Å²) in [6.07, 6.45) is 0.716. The van der Waals surface area contributed by atoms with E-state index in [0.717, 1.165) is 4.47 Å². The molecule has 3 nitrogen and oxygen atoms in total. The number of benzene rings is 1. The minimum atomic E-state index is -3.46. The van der Waals surface area contributed by atoms with Crippen LogP contribution in [0, 0.1) is 0 Å². The van der Waals surface area contributed by atoms with E-state index in [-0.39, 0.29) is 4.90 Å². The fourth-order valence-electron chi connectivity index (χ4n) is 1.19. The molecule has 0 amide bonds. The average Bonchev–Trinajstić information content (AvgIpc) is 2.29. The van der Waals surface area contributed by atoms with Crippen LogP contribution in [0.5, 0.6) is 0 Å². The van der Waals surface area contributed by atoms with Crippen LogP contribution in [0.15, 0.2) is 33.6 Å². The first-order chi connectivity index (χ1) is 7.83. The second kappa shape index (κ2) is 5.82. The molecule has 0 aliphatic carbocycles. The van der Waals surface area contributed by atoms with E-state index in [0.29, 0.717) is 11.8 Å². The molecule has 1 aromatic rings. The zero-order valence-corrected chi connectivity index (χ0v) is 13.7. The highest BCUT2D eigenvalue weighted by molar-refractivity contribution is 9.10. The summed E-state index contributed by atoms with van der Waals surface area (Å²) in [6, 6.07) is 6.59. The van der Waals surface area contributed by atoms with Gasteiger partial charge in [-0.05, 0) is 37.6 Å².